The molecule has 0 N–H and O–H groups in total. The Balaban J connectivity index is 1.58. The third-order valence-electron chi connectivity index (χ3n) is 7.71. The molecule has 9 rings (SSSR count). The highest BCUT2D eigenvalue weighted by Gasteiger charge is 2.18. The number of hydrogen-bond acceptors (Lipinski definition) is 0. The molecule has 9 aromatic rings. The molecule has 0 aliphatic rings. The van der Waals surface area contributed by atoms with Crippen LogP contribution in [0.15, 0.2) is 169 Å². The molecule has 0 heteroatoms. The van der Waals surface area contributed by atoms with E-state index in [-0.39, 0.29) is 32.5 Å². The van der Waals surface area contributed by atoms with Gasteiger partial charge in [0.05, 0.1) is 27.4 Å². The van der Waals surface area contributed by atoms with E-state index in [2.05, 4.69) is 0 Å². The van der Waals surface area contributed by atoms with Gasteiger partial charge in [-0.3, -0.25) is 0 Å². The third kappa shape index (κ3) is 3.85. The maximum absolute atomic E-state index is 9.61. The molecule has 0 amide bonds. The summed E-state index contributed by atoms with van der Waals surface area (Å²) in [4.78, 5) is 0. The molecule has 9 aromatic carbocycles. The van der Waals surface area contributed by atoms with Gasteiger partial charge in [-0.15, -0.1) is 0 Å². The molecule has 204 valence electrons. The van der Waals surface area contributed by atoms with Crippen molar-refractivity contribution in [1.82, 2.24) is 0 Å². The molecule has 0 aromatic heterocycles. The van der Waals surface area contributed by atoms with Crippen LogP contribution in [0.25, 0.3) is 87.2 Å². The molecule has 0 nitrogen and oxygen atoms in total. The van der Waals surface area contributed by atoms with Crippen molar-refractivity contribution >= 4 is 53.9 Å². The van der Waals surface area contributed by atoms with E-state index in [1.54, 1.807) is 30.3 Å². The zero-order valence-electron chi connectivity index (χ0n) is 42.6. The Kier molecular flexibility index (Phi) is 2.73. The molecule has 0 radical (unpaired) electrons. The van der Waals surface area contributed by atoms with Crippen LogP contribution in [0.4, 0.5) is 0 Å². The minimum Gasteiger partial charge on any atom is -0.0616 e. The Morgan fingerprint density at radius 2 is 0.977 bits per heavy atom. The zero-order chi connectivity index (χ0) is 46.4. The van der Waals surface area contributed by atoms with Crippen LogP contribution in [0.1, 0.15) is 27.4 Å². The Hall–Kier alpha value is -5.72. The van der Waals surface area contributed by atoms with E-state index in [1.807, 2.05) is 12.1 Å². The van der Waals surface area contributed by atoms with Crippen LogP contribution in [0.5, 0.6) is 0 Å². The van der Waals surface area contributed by atoms with Gasteiger partial charge in [0.2, 0.25) is 0 Å². The van der Waals surface area contributed by atoms with Crippen molar-refractivity contribution in [3.63, 3.8) is 0 Å². The van der Waals surface area contributed by atoms with Crippen molar-refractivity contribution in [2.24, 2.45) is 0 Å². The lowest BCUT2D eigenvalue weighted by Crippen LogP contribution is -1.92. The van der Waals surface area contributed by atoms with Gasteiger partial charge in [-0.25, -0.2) is 0 Å². The summed E-state index contributed by atoms with van der Waals surface area (Å²) in [5.74, 6) is 0. The Morgan fingerprint density at radius 1 is 0.341 bits per heavy atom. The van der Waals surface area contributed by atoms with Gasteiger partial charge in [0, 0.05) is 0 Å². The summed E-state index contributed by atoms with van der Waals surface area (Å²) >= 11 is 0. The fraction of sp³-hybridized carbons (Fsp3) is 0. The van der Waals surface area contributed by atoms with Crippen molar-refractivity contribution in [3.8, 4) is 33.4 Å². The molecule has 0 aliphatic carbocycles. The minimum absolute atomic E-state index is 0.0111. The number of fused-ring (bicyclic) bond motifs is 5. The average Bonchev–Trinajstić information content (AvgIpc) is 3.27. The molecule has 0 bridgehead atoms. The molecule has 0 atom stereocenters. The summed E-state index contributed by atoms with van der Waals surface area (Å²) in [6, 6.07) is -1.24. The lowest BCUT2D eigenvalue weighted by atomic mass is 9.84. The highest BCUT2D eigenvalue weighted by Crippen LogP contribution is 2.46. The van der Waals surface area contributed by atoms with Crippen molar-refractivity contribution in [3.05, 3.63) is 169 Å². The second-order valence-corrected chi connectivity index (χ2v) is 10.1. The number of rotatable bonds is 3. The number of hydrogen-bond donors (Lipinski definition) is 0. The van der Waals surface area contributed by atoms with E-state index < -0.39 is 159 Å². The lowest BCUT2D eigenvalue weighted by molar-refractivity contribution is 1.66. The minimum atomic E-state index is -0.882. The normalized spacial score (nSPS) is 18.0. The van der Waals surface area contributed by atoms with Gasteiger partial charge >= 0.3 is 0 Å². The van der Waals surface area contributed by atoms with Crippen molar-refractivity contribution in [2.45, 2.75) is 0 Å². The molecule has 0 spiro atoms. The first-order valence-corrected chi connectivity index (χ1v) is 13.6. The Bertz CT molecular complexity index is 3590. The molecular formula is C44H28. The van der Waals surface area contributed by atoms with Crippen LogP contribution >= 0.6 is 0 Å². The monoisotopic (exact) mass is 576 g/mol. The van der Waals surface area contributed by atoms with Crippen LogP contribution in [0.2, 0.25) is 0 Å². The van der Waals surface area contributed by atoms with E-state index in [1.165, 1.54) is 0 Å². The maximum atomic E-state index is 9.61. The Morgan fingerprint density at radius 3 is 1.75 bits per heavy atom. The molecule has 0 saturated heterocycles. The largest absolute Gasteiger partial charge is 0.0636 e. The van der Waals surface area contributed by atoms with Crippen LogP contribution < -0.4 is 0 Å². The summed E-state index contributed by atoms with van der Waals surface area (Å²) in [5.41, 5.74) is -1.82. The van der Waals surface area contributed by atoms with E-state index in [0.717, 1.165) is 11.5 Å². The first-order valence-electron chi connectivity index (χ1n) is 23.6. The fourth-order valence-electron chi connectivity index (χ4n) is 5.78. The number of benzene rings is 9. The van der Waals surface area contributed by atoms with Crippen LogP contribution in [0.3, 0.4) is 0 Å². The highest BCUT2D eigenvalue weighted by atomic mass is 14.2. The van der Waals surface area contributed by atoms with Crippen LogP contribution in [0, 0.1) is 0 Å². The molecule has 0 aliphatic heterocycles. The molecule has 0 saturated carbocycles. The van der Waals surface area contributed by atoms with E-state index >= 15 is 0 Å². The lowest BCUT2D eigenvalue weighted by Gasteiger charge is -2.19. The van der Waals surface area contributed by atoms with Gasteiger partial charge in [0.15, 0.2) is 0 Å². The van der Waals surface area contributed by atoms with Crippen molar-refractivity contribution in [1.29, 1.82) is 0 Å². The van der Waals surface area contributed by atoms with Gasteiger partial charge < -0.3 is 0 Å². The molecule has 44 heavy (non-hydrogen) atoms. The second kappa shape index (κ2) is 9.93. The van der Waals surface area contributed by atoms with Crippen LogP contribution in [-0.4, -0.2) is 0 Å². The average molecular weight is 577 g/mol. The van der Waals surface area contributed by atoms with E-state index in [9.17, 15) is 11.0 Å². The van der Waals surface area contributed by atoms with Crippen molar-refractivity contribution < 1.29 is 27.4 Å². The summed E-state index contributed by atoms with van der Waals surface area (Å²) in [5, 5.41) is -1.64. The maximum Gasteiger partial charge on any atom is 0.0636 e. The summed E-state index contributed by atoms with van der Waals surface area (Å²) in [6.07, 6.45) is 0. The van der Waals surface area contributed by atoms with Crippen molar-refractivity contribution in [2.75, 3.05) is 0 Å². The topological polar surface area (TPSA) is 0 Å². The predicted molar refractivity (Wildman–Crippen MR) is 190 cm³/mol. The van der Waals surface area contributed by atoms with Crippen LogP contribution in [-0.2, 0) is 0 Å². The van der Waals surface area contributed by atoms with Gasteiger partial charge in [-0.1, -0.05) is 157 Å². The smallest absolute Gasteiger partial charge is 0.0616 e. The van der Waals surface area contributed by atoms with Gasteiger partial charge in [0.1, 0.15) is 0 Å². The first-order chi connectivity index (χ1) is 30.1. The van der Waals surface area contributed by atoms with Gasteiger partial charge in [-0.2, -0.15) is 0 Å². The third-order valence-corrected chi connectivity index (χ3v) is 7.71. The SMILES string of the molecule is [2H]c1cc([2H])c2c(-c3c([2H])c([2H])c4c(-c5c6c([2H])c([2H])c([2H])c([2H])c6c(-c6ccc7ccccc7c6)c6c([2H])c([2H])c([2H])c([2H])c56)c([2H])c([2H])c([2H])c4c3[2H])c([2H])c([2H])c([2H])c2c1[2H]. The van der Waals surface area contributed by atoms with E-state index in [0.29, 0.717) is 10.9 Å². The predicted octanol–water partition coefficient (Wildman–Crippen LogP) is 12.5. The zero-order valence-corrected chi connectivity index (χ0v) is 22.6. The van der Waals surface area contributed by atoms with E-state index in [4.69, 9.17) is 16.4 Å². The Labute approximate surface area is 284 Å². The molecule has 0 heterocycles. The summed E-state index contributed by atoms with van der Waals surface area (Å²) in [6.45, 7) is 0. The molecular weight excluding hydrogens is 528 g/mol. The first kappa shape index (κ1) is 12.1. The standard InChI is InChI=1S/C44H28/c1-2-13-31-27-34(24-23-29(31)11-1)43-39-17-5-7-19-41(39)44(42-20-8-6-18-40(42)43)38-22-10-15-32-28-33(25-26-37(32)38)36-21-9-14-30-12-3-4-16-35(30)36/h1-28H/i3D,5D,6D,7D,8D,9D,10D,12D,14D,15D,16D,17D,18D,19D,20D,21D,22D,25D,26D,28D. The molecule has 0 fully saturated rings. The quantitative estimate of drug-likeness (QED) is 0.184. The summed E-state index contributed by atoms with van der Waals surface area (Å²) < 4.78 is 181. The fourth-order valence-corrected chi connectivity index (χ4v) is 5.78. The van der Waals surface area contributed by atoms with Gasteiger partial charge in [0.25, 0.3) is 0 Å². The highest BCUT2D eigenvalue weighted by molar-refractivity contribution is 6.24. The summed E-state index contributed by atoms with van der Waals surface area (Å²) in [7, 11) is 0. The molecule has 0 unspecified atom stereocenters. The second-order valence-electron chi connectivity index (χ2n) is 10.1. The van der Waals surface area contributed by atoms with Gasteiger partial charge in [-0.05, 0) is 99.4 Å².